The van der Waals surface area contributed by atoms with E-state index in [1.165, 1.54) is 5.56 Å². The minimum absolute atomic E-state index is 0.267. The Balaban J connectivity index is 2.27. The molecule has 0 radical (unpaired) electrons. The van der Waals surface area contributed by atoms with Crippen molar-refractivity contribution in [3.63, 3.8) is 0 Å². The largest absolute Gasteiger partial charge is 0.379 e. The predicted molar refractivity (Wildman–Crippen MR) is 57.9 cm³/mol. The number of rotatable bonds is 1. The highest BCUT2D eigenvalue weighted by molar-refractivity contribution is 9.10. The first-order chi connectivity index (χ1) is 6.22. The van der Waals surface area contributed by atoms with E-state index in [1.807, 2.05) is 0 Å². The van der Waals surface area contributed by atoms with Crippen LogP contribution in [0.5, 0.6) is 0 Å². The van der Waals surface area contributed by atoms with Gasteiger partial charge in [0.05, 0.1) is 12.1 Å². The Labute approximate surface area is 90.2 Å². The van der Waals surface area contributed by atoms with Crippen molar-refractivity contribution in [3.8, 4) is 0 Å². The molecule has 13 heavy (non-hydrogen) atoms. The van der Waals surface area contributed by atoms with Gasteiger partial charge in [0.1, 0.15) is 0 Å². The van der Waals surface area contributed by atoms with Crippen LogP contribution >= 0.6 is 27.3 Å². The molecule has 1 aromatic rings. The number of thiophene rings is 1. The molecule has 1 atom stereocenters. The zero-order valence-corrected chi connectivity index (χ0v) is 9.66. The molecule has 2 heterocycles. The van der Waals surface area contributed by atoms with Crippen LogP contribution in [0.4, 0.5) is 0 Å². The van der Waals surface area contributed by atoms with Gasteiger partial charge in [-0.15, -0.1) is 0 Å². The van der Waals surface area contributed by atoms with Crippen LogP contribution in [0.25, 0.3) is 0 Å². The monoisotopic (exact) mass is 261 g/mol. The predicted octanol–water partition coefficient (Wildman–Crippen LogP) is 2.48. The second-order valence-electron chi connectivity index (χ2n) is 3.45. The van der Waals surface area contributed by atoms with Gasteiger partial charge in [0.15, 0.2) is 0 Å². The van der Waals surface area contributed by atoms with E-state index in [0.29, 0.717) is 6.61 Å². The van der Waals surface area contributed by atoms with Gasteiger partial charge in [-0.3, -0.25) is 0 Å². The van der Waals surface area contributed by atoms with E-state index >= 15 is 0 Å². The third-order valence-electron chi connectivity index (χ3n) is 2.42. The van der Waals surface area contributed by atoms with E-state index in [9.17, 15) is 0 Å². The molecule has 0 aliphatic carbocycles. The summed E-state index contributed by atoms with van der Waals surface area (Å²) in [4.78, 5) is 0. The summed E-state index contributed by atoms with van der Waals surface area (Å²) >= 11 is 5.19. The molecule has 2 nitrogen and oxygen atoms in total. The van der Waals surface area contributed by atoms with Crippen molar-refractivity contribution in [2.75, 3.05) is 13.2 Å². The van der Waals surface area contributed by atoms with Crippen LogP contribution in [0, 0.1) is 0 Å². The van der Waals surface area contributed by atoms with Gasteiger partial charge in [-0.1, -0.05) is 0 Å². The first kappa shape index (κ1) is 9.65. The average Bonchev–Trinajstić information content (AvgIpc) is 2.53. The highest BCUT2D eigenvalue weighted by Gasteiger charge is 2.32. The maximum Gasteiger partial charge on any atom is 0.0688 e. The molecule has 0 saturated carbocycles. The van der Waals surface area contributed by atoms with E-state index in [2.05, 4.69) is 26.7 Å². The Hall–Kier alpha value is 0.1000. The second-order valence-corrected chi connectivity index (χ2v) is 5.04. The standard InChI is InChI=1S/C9H12BrNOS/c10-8-5-13-4-7(8)9(11)2-1-3-12-6-9/h4-5H,1-3,6,11H2. The van der Waals surface area contributed by atoms with Crippen LogP contribution in [0.3, 0.4) is 0 Å². The van der Waals surface area contributed by atoms with Gasteiger partial charge in [0.2, 0.25) is 0 Å². The molecule has 1 fully saturated rings. The number of halogens is 1. The average molecular weight is 262 g/mol. The van der Waals surface area contributed by atoms with Crippen molar-refractivity contribution in [1.29, 1.82) is 0 Å². The summed E-state index contributed by atoms with van der Waals surface area (Å²) in [5.74, 6) is 0. The number of hydrogen-bond donors (Lipinski definition) is 1. The third-order valence-corrected chi connectivity index (χ3v) is 4.13. The molecule has 1 aromatic heterocycles. The van der Waals surface area contributed by atoms with Crippen molar-refractivity contribution in [1.82, 2.24) is 0 Å². The Kier molecular flexibility index (Phi) is 2.74. The molecule has 1 unspecified atom stereocenters. The van der Waals surface area contributed by atoms with Crippen molar-refractivity contribution < 1.29 is 4.74 Å². The summed E-state index contributed by atoms with van der Waals surface area (Å²) in [5.41, 5.74) is 7.20. The number of hydrogen-bond acceptors (Lipinski definition) is 3. The van der Waals surface area contributed by atoms with E-state index in [-0.39, 0.29) is 5.54 Å². The highest BCUT2D eigenvalue weighted by Crippen LogP contribution is 2.35. The summed E-state index contributed by atoms with van der Waals surface area (Å²) in [6.45, 7) is 1.49. The summed E-state index contributed by atoms with van der Waals surface area (Å²) in [6.07, 6.45) is 2.07. The van der Waals surface area contributed by atoms with Gasteiger partial charge in [0.25, 0.3) is 0 Å². The summed E-state index contributed by atoms with van der Waals surface area (Å²) in [7, 11) is 0. The van der Waals surface area contributed by atoms with Crippen LogP contribution < -0.4 is 5.73 Å². The van der Waals surface area contributed by atoms with Gasteiger partial charge in [-0.2, -0.15) is 11.3 Å². The fourth-order valence-electron chi connectivity index (χ4n) is 1.67. The van der Waals surface area contributed by atoms with Crippen LogP contribution in [0.1, 0.15) is 18.4 Å². The van der Waals surface area contributed by atoms with Gasteiger partial charge in [-0.25, -0.2) is 0 Å². The van der Waals surface area contributed by atoms with E-state index in [1.54, 1.807) is 11.3 Å². The molecule has 1 aliphatic heterocycles. The Morgan fingerprint density at radius 3 is 2.92 bits per heavy atom. The van der Waals surface area contributed by atoms with Crippen molar-refractivity contribution in [3.05, 3.63) is 20.8 Å². The molecule has 2 N–H and O–H groups in total. The maximum atomic E-state index is 6.28. The molecule has 1 aliphatic rings. The molecular weight excluding hydrogens is 250 g/mol. The van der Waals surface area contributed by atoms with E-state index < -0.39 is 0 Å². The quantitative estimate of drug-likeness (QED) is 0.843. The summed E-state index contributed by atoms with van der Waals surface area (Å²) in [5, 5.41) is 4.18. The molecular formula is C9H12BrNOS. The van der Waals surface area contributed by atoms with Gasteiger partial charge in [0, 0.05) is 16.5 Å². The maximum absolute atomic E-state index is 6.28. The highest BCUT2D eigenvalue weighted by atomic mass is 79.9. The molecule has 72 valence electrons. The summed E-state index contributed by atoms with van der Waals surface area (Å²) in [6, 6.07) is 0. The SMILES string of the molecule is NC1(c2cscc2Br)CCCOC1. The van der Waals surface area contributed by atoms with Gasteiger partial charge < -0.3 is 10.5 Å². The molecule has 2 rings (SSSR count). The lowest BCUT2D eigenvalue weighted by atomic mass is 9.88. The molecule has 0 spiro atoms. The zero-order chi connectivity index (χ0) is 9.31. The molecule has 0 amide bonds. The fourth-order valence-corrected chi connectivity index (χ4v) is 3.46. The first-order valence-electron chi connectivity index (χ1n) is 4.31. The molecule has 0 aromatic carbocycles. The topological polar surface area (TPSA) is 35.2 Å². The van der Waals surface area contributed by atoms with Crippen molar-refractivity contribution in [2.45, 2.75) is 18.4 Å². The van der Waals surface area contributed by atoms with Crippen LogP contribution in [-0.2, 0) is 10.3 Å². The Morgan fingerprint density at radius 1 is 1.54 bits per heavy atom. The van der Waals surface area contributed by atoms with E-state index in [4.69, 9.17) is 10.5 Å². The smallest absolute Gasteiger partial charge is 0.0688 e. The number of ether oxygens (including phenoxy) is 1. The molecule has 1 saturated heterocycles. The van der Waals surface area contributed by atoms with Gasteiger partial charge >= 0.3 is 0 Å². The normalized spacial score (nSPS) is 29.1. The first-order valence-corrected chi connectivity index (χ1v) is 6.05. The second kappa shape index (κ2) is 3.69. The minimum atomic E-state index is -0.267. The lowest BCUT2D eigenvalue weighted by Gasteiger charge is -2.33. The van der Waals surface area contributed by atoms with Gasteiger partial charge in [-0.05, 0) is 39.7 Å². The van der Waals surface area contributed by atoms with Crippen molar-refractivity contribution >= 4 is 27.3 Å². The summed E-state index contributed by atoms with van der Waals surface area (Å²) < 4.78 is 6.54. The zero-order valence-electron chi connectivity index (χ0n) is 7.25. The van der Waals surface area contributed by atoms with Crippen LogP contribution in [0.15, 0.2) is 15.2 Å². The molecule has 4 heteroatoms. The fraction of sp³-hybridized carbons (Fsp3) is 0.556. The Morgan fingerprint density at radius 2 is 2.38 bits per heavy atom. The third kappa shape index (κ3) is 1.81. The van der Waals surface area contributed by atoms with Crippen LogP contribution in [-0.4, -0.2) is 13.2 Å². The van der Waals surface area contributed by atoms with E-state index in [0.717, 1.165) is 23.9 Å². The number of nitrogens with two attached hydrogens (primary N) is 1. The lowest BCUT2D eigenvalue weighted by molar-refractivity contribution is 0.0366. The van der Waals surface area contributed by atoms with Crippen LogP contribution in [0.2, 0.25) is 0 Å². The van der Waals surface area contributed by atoms with Crippen molar-refractivity contribution in [2.24, 2.45) is 5.73 Å². The minimum Gasteiger partial charge on any atom is -0.379 e. The lowest BCUT2D eigenvalue weighted by Crippen LogP contribution is -2.44. The Bertz CT molecular complexity index is 294. The molecule has 0 bridgehead atoms.